The summed E-state index contributed by atoms with van der Waals surface area (Å²) in [4.78, 5) is 0. The second-order valence-electron chi connectivity index (χ2n) is 4.03. The molecule has 0 aliphatic carbocycles. The average molecular weight is 246 g/mol. The van der Waals surface area contributed by atoms with Crippen molar-refractivity contribution >= 4 is 5.69 Å². The van der Waals surface area contributed by atoms with Gasteiger partial charge in [0.25, 0.3) is 0 Å². The minimum Gasteiger partial charge on any atom is -0.378 e. The van der Waals surface area contributed by atoms with E-state index >= 15 is 0 Å². The fourth-order valence-electron chi connectivity index (χ4n) is 1.72. The Morgan fingerprint density at radius 1 is 1.29 bits per heavy atom. The van der Waals surface area contributed by atoms with E-state index in [4.69, 9.17) is 10.5 Å². The fourth-order valence-corrected chi connectivity index (χ4v) is 1.72. The molecule has 0 unspecified atom stereocenters. The van der Waals surface area contributed by atoms with Crippen molar-refractivity contribution in [3.8, 4) is 0 Å². The van der Waals surface area contributed by atoms with Crippen LogP contribution < -0.4 is 11.1 Å². The van der Waals surface area contributed by atoms with Crippen LogP contribution in [-0.4, -0.2) is 25.3 Å². The Morgan fingerprint density at radius 2 is 2.06 bits per heavy atom. The van der Waals surface area contributed by atoms with Crippen LogP contribution in [-0.2, 0) is 10.9 Å². The van der Waals surface area contributed by atoms with E-state index in [2.05, 4.69) is 5.32 Å². The number of nitrogens with one attached hydrogen (secondary N) is 1. The number of rotatable bonds is 2. The largest absolute Gasteiger partial charge is 0.416 e. The number of hydrogen-bond acceptors (Lipinski definition) is 3. The Balaban J connectivity index is 2.11. The lowest BCUT2D eigenvalue weighted by Gasteiger charge is -2.17. The molecule has 94 valence electrons. The van der Waals surface area contributed by atoms with Crippen LogP contribution in [0.2, 0.25) is 0 Å². The molecular formula is C11H13F3N2O. The van der Waals surface area contributed by atoms with E-state index < -0.39 is 11.7 Å². The number of alkyl halides is 3. The Kier molecular flexibility index (Phi) is 3.26. The zero-order valence-electron chi connectivity index (χ0n) is 9.00. The van der Waals surface area contributed by atoms with Crippen molar-refractivity contribution in [2.75, 3.05) is 18.5 Å². The third-order valence-electron chi connectivity index (χ3n) is 2.67. The van der Waals surface area contributed by atoms with E-state index in [0.717, 1.165) is 12.1 Å². The molecule has 1 aliphatic rings. The maximum Gasteiger partial charge on any atom is 0.416 e. The number of anilines is 1. The molecule has 1 fully saturated rings. The van der Waals surface area contributed by atoms with E-state index in [0.29, 0.717) is 18.9 Å². The van der Waals surface area contributed by atoms with Crippen LogP contribution in [0.25, 0.3) is 0 Å². The predicted octanol–water partition coefficient (Wildman–Crippen LogP) is 1.84. The highest BCUT2D eigenvalue weighted by Gasteiger charge is 2.31. The Bertz CT molecular complexity index is 395. The molecule has 6 heteroatoms. The summed E-state index contributed by atoms with van der Waals surface area (Å²) in [5.41, 5.74) is 5.48. The molecule has 3 N–H and O–H groups in total. The summed E-state index contributed by atoms with van der Waals surface area (Å²) < 4.78 is 42.6. The van der Waals surface area contributed by atoms with Crippen molar-refractivity contribution in [2.45, 2.75) is 18.3 Å². The molecule has 2 rings (SSSR count). The molecule has 17 heavy (non-hydrogen) atoms. The van der Waals surface area contributed by atoms with E-state index in [1.54, 1.807) is 6.07 Å². The number of halogens is 3. The van der Waals surface area contributed by atoms with Gasteiger partial charge in [-0.2, -0.15) is 13.2 Å². The predicted molar refractivity (Wildman–Crippen MR) is 57.6 cm³/mol. The topological polar surface area (TPSA) is 47.3 Å². The number of nitrogens with two attached hydrogens (primary N) is 1. The van der Waals surface area contributed by atoms with Crippen molar-refractivity contribution in [2.24, 2.45) is 5.73 Å². The second-order valence-corrected chi connectivity index (χ2v) is 4.03. The quantitative estimate of drug-likeness (QED) is 0.837. The third kappa shape index (κ3) is 2.89. The molecule has 0 aromatic heterocycles. The molecule has 1 aromatic rings. The molecule has 1 heterocycles. The first-order chi connectivity index (χ1) is 7.97. The van der Waals surface area contributed by atoms with Crippen LogP contribution in [0.5, 0.6) is 0 Å². The van der Waals surface area contributed by atoms with Crippen molar-refractivity contribution in [3.63, 3.8) is 0 Å². The van der Waals surface area contributed by atoms with Gasteiger partial charge >= 0.3 is 6.18 Å². The van der Waals surface area contributed by atoms with Crippen LogP contribution in [0.3, 0.4) is 0 Å². The molecule has 1 aliphatic heterocycles. The first-order valence-corrected chi connectivity index (χ1v) is 5.24. The minimum atomic E-state index is -4.33. The van der Waals surface area contributed by atoms with Crippen LogP contribution in [0.4, 0.5) is 18.9 Å². The maximum atomic E-state index is 12.5. The molecule has 0 bridgehead atoms. The lowest BCUT2D eigenvalue weighted by molar-refractivity contribution is -0.137. The van der Waals surface area contributed by atoms with Gasteiger partial charge in [-0.05, 0) is 18.2 Å². The van der Waals surface area contributed by atoms with Gasteiger partial charge in [-0.15, -0.1) is 0 Å². The van der Waals surface area contributed by atoms with E-state index in [1.165, 1.54) is 6.07 Å². The summed E-state index contributed by atoms with van der Waals surface area (Å²) in [5, 5.41) is 2.95. The summed E-state index contributed by atoms with van der Waals surface area (Å²) in [5.74, 6) is 0. The Morgan fingerprint density at radius 3 is 2.65 bits per heavy atom. The van der Waals surface area contributed by atoms with Gasteiger partial charge in [-0.1, -0.05) is 6.07 Å². The highest BCUT2D eigenvalue weighted by Crippen LogP contribution is 2.30. The van der Waals surface area contributed by atoms with Gasteiger partial charge in [0.15, 0.2) is 0 Å². The number of hydrogen-bond donors (Lipinski definition) is 2. The Hall–Kier alpha value is -1.27. The lowest BCUT2D eigenvalue weighted by Crippen LogP contribution is -2.38. The SMILES string of the molecule is N[C@@H]1COC[C@H]1Nc1cccc(C(F)(F)F)c1. The summed E-state index contributed by atoms with van der Waals surface area (Å²) in [6.45, 7) is 0.841. The standard InChI is InChI=1S/C11H13F3N2O/c12-11(13,14)7-2-1-3-8(4-7)16-10-6-17-5-9(10)15/h1-4,9-10,16H,5-6,15H2/t9-,10-/m1/s1. The van der Waals surface area contributed by atoms with Gasteiger partial charge in [0.05, 0.1) is 30.9 Å². The summed E-state index contributed by atoms with van der Waals surface area (Å²) in [7, 11) is 0. The third-order valence-corrected chi connectivity index (χ3v) is 2.67. The first kappa shape index (κ1) is 12.2. The first-order valence-electron chi connectivity index (χ1n) is 5.24. The molecular weight excluding hydrogens is 233 g/mol. The fraction of sp³-hybridized carbons (Fsp3) is 0.455. The van der Waals surface area contributed by atoms with Crippen molar-refractivity contribution in [3.05, 3.63) is 29.8 Å². The van der Waals surface area contributed by atoms with Crippen LogP contribution in [0, 0.1) is 0 Å². The summed E-state index contributed by atoms with van der Waals surface area (Å²) >= 11 is 0. The van der Waals surface area contributed by atoms with Crippen LogP contribution in [0.1, 0.15) is 5.56 Å². The summed E-state index contributed by atoms with van der Waals surface area (Å²) in [6.07, 6.45) is -4.33. The van der Waals surface area contributed by atoms with E-state index in [-0.39, 0.29) is 12.1 Å². The van der Waals surface area contributed by atoms with Gasteiger partial charge in [0.1, 0.15) is 0 Å². The van der Waals surface area contributed by atoms with Crippen LogP contribution >= 0.6 is 0 Å². The van der Waals surface area contributed by atoms with Gasteiger partial charge < -0.3 is 15.8 Å². The number of benzene rings is 1. The van der Waals surface area contributed by atoms with Crippen molar-refractivity contribution < 1.29 is 17.9 Å². The number of ether oxygens (including phenoxy) is 1. The highest BCUT2D eigenvalue weighted by atomic mass is 19.4. The smallest absolute Gasteiger partial charge is 0.378 e. The average Bonchev–Trinajstić information content (AvgIpc) is 2.64. The molecule has 2 atom stereocenters. The summed E-state index contributed by atoms with van der Waals surface area (Å²) in [6, 6.07) is 4.73. The zero-order valence-corrected chi connectivity index (χ0v) is 9.00. The van der Waals surface area contributed by atoms with Gasteiger partial charge in [-0.3, -0.25) is 0 Å². The molecule has 0 spiro atoms. The lowest BCUT2D eigenvalue weighted by atomic mass is 10.1. The molecule has 3 nitrogen and oxygen atoms in total. The Labute approximate surface area is 96.8 Å². The minimum absolute atomic E-state index is 0.140. The van der Waals surface area contributed by atoms with Gasteiger partial charge in [-0.25, -0.2) is 0 Å². The highest BCUT2D eigenvalue weighted by molar-refractivity contribution is 5.47. The molecule has 0 radical (unpaired) electrons. The maximum absolute atomic E-state index is 12.5. The van der Waals surface area contributed by atoms with Crippen molar-refractivity contribution in [1.82, 2.24) is 0 Å². The monoisotopic (exact) mass is 246 g/mol. The molecule has 1 saturated heterocycles. The van der Waals surface area contributed by atoms with Crippen LogP contribution in [0.15, 0.2) is 24.3 Å². The molecule has 1 aromatic carbocycles. The zero-order chi connectivity index (χ0) is 12.5. The molecule has 0 saturated carbocycles. The second kappa shape index (κ2) is 4.54. The van der Waals surface area contributed by atoms with Gasteiger partial charge in [0, 0.05) is 5.69 Å². The normalized spacial score (nSPS) is 24.9. The van der Waals surface area contributed by atoms with Crippen molar-refractivity contribution in [1.29, 1.82) is 0 Å². The molecule has 0 amide bonds. The van der Waals surface area contributed by atoms with E-state index in [9.17, 15) is 13.2 Å². The van der Waals surface area contributed by atoms with E-state index in [1.807, 2.05) is 0 Å². The van der Waals surface area contributed by atoms with Gasteiger partial charge in [0.2, 0.25) is 0 Å².